The summed E-state index contributed by atoms with van der Waals surface area (Å²) in [6, 6.07) is 4.52. The van der Waals surface area contributed by atoms with Crippen molar-refractivity contribution >= 4 is 0 Å². The van der Waals surface area contributed by atoms with Crippen LogP contribution in [0.2, 0.25) is 0 Å². The van der Waals surface area contributed by atoms with Crippen LogP contribution < -0.4 is 5.32 Å². The van der Waals surface area contributed by atoms with Crippen LogP contribution in [0, 0.1) is 0 Å². The number of rotatable bonds is 5. The van der Waals surface area contributed by atoms with Crippen LogP contribution in [0.5, 0.6) is 0 Å². The Morgan fingerprint density at radius 1 is 1.44 bits per heavy atom. The number of aromatic nitrogens is 1. The van der Waals surface area contributed by atoms with Gasteiger partial charge in [0.25, 0.3) is 0 Å². The van der Waals surface area contributed by atoms with E-state index in [9.17, 15) is 0 Å². The number of hydrogen-bond acceptors (Lipinski definition) is 3. The molecule has 2 rings (SSSR count). The summed E-state index contributed by atoms with van der Waals surface area (Å²) in [5, 5.41) is 3.54. The van der Waals surface area contributed by atoms with Gasteiger partial charge in [-0.25, -0.2) is 0 Å². The van der Waals surface area contributed by atoms with E-state index in [-0.39, 0.29) is 0 Å². The van der Waals surface area contributed by atoms with E-state index in [1.807, 2.05) is 18.5 Å². The van der Waals surface area contributed by atoms with E-state index in [4.69, 9.17) is 0 Å². The SMILES string of the molecule is C[C@H](NCCN1CCCC1)c1cccnc1. The Labute approximate surface area is 97.9 Å². The maximum atomic E-state index is 4.14. The predicted molar refractivity (Wildman–Crippen MR) is 66.3 cm³/mol. The van der Waals surface area contributed by atoms with Gasteiger partial charge in [0.15, 0.2) is 0 Å². The van der Waals surface area contributed by atoms with Gasteiger partial charge < -0.3 is 10.2 Å². The van der Waals surface area contributed by atoms with E-state index < -0.39 is 0 Å². The lowest BCUT2D eigenvalue weighted by Crippen LogP contribution is -2.31. The summed E-state index contributed by atoms with van der Waals surface area (Å²) >= 11 is 0. The second-order valence-corrected chi connectivity index (χ2v) is 4.51. The van der Waals surface area contributed by atoms with Crippen LogP contribution in [-0.4, -0.2) is 36.1 Å². The van der Waals surface area contributed by atoms with Crippen molar-refractivity contribution in [2.75, 3.05) is 26.2 Å². The molecule has 2 heterocycles. The molecule has 0 amide bonds. The molecule has 0 radical (unpaired) electrons. The molecule has 1 aliphatic heterocycles. The highest BCUT2D eigenvalue weighted by molar-refractivity contribution is 5.12. The lowest BCUT2D eigenvalue weighted by Gasteiger charge is -2.18. The van der Waals surface area contributed by atoms with Crippen molar-refractivity contribution in [3.05, 3.63) is 30.1 Å². The highest BCUT2D eigenvalue weighted by Gasteiger charge is 2.11. The smallest absolute Gasteiger partial charge is 0.0315 e. The van der Waals surface area contributed by atoms with Gasteiger partial charge in [0.1, 0.15) is 0 Å². The fraction of sp³-hybridized carbons (Fsp3) is 0.615. The average Bonchev–Trinajstić information content (AvgIpc) is 2.83. The van der Waals surface area contributed by atoms with Gasteiger partial charge in [-0.1, -0.05) is 6.07 Å². The Bertz CT molecular complexity index is 293. The van der Waals surface area contributed by atoms with Gasteiger partial charge in [0, 0.05) is 31.5 Å². The van der Waals surface area contributed by atoms with E-state index in [1.165, 1.54) is 38.0 Å². The van der Waals surface area contributed by atoms with Gasteiger partial charge in [-0.05, 0) is 44.5 Å². The second kappa shape index (κ2) is 5.97. The first-order valence-electron chi connectivity index (χ1n) is 6.22. The van der Waals surface area contributed by atoms with Crippen molar-refractivity contribution in [1.82, 2.24) is 15.2 Å². The van der Waals surface area contributed by atoms with E-state index >= 15 is 0 Å². The van der Waals surface area contributed by atoms with Crippen molar-refractivity contribution < 1.29 is 0 Å². The molecule has 0 spiro atoms. The molecule has 16 heavy (non-hydrogen) atoms. The fourth-order valence-corrected chi connectivity index (χ4v) is 2.20. The molecule has 1 aliphatic rings. The van der Waals surface area contributed by atoms with Crippen LogP contribution >= 0.6 is 0 Å². The average molecular weight is 219 g/mol. The third kappa shape index (κ3) is 3.29. The van der Waals surface area contributed by atoms with Gasteiger partial charge in [-0.2, -0.15) is 0 Å². The summed E-state index contributed by atoms with van der Waals surface area (Å²) in [5.74, 6) is 0. The van der Waals surface area contributed by atoms with Crippen molar-refractivity contribution in [3.63, 3.8) is 0 Å². The molecule has 1 aromatic heterocycles. The summed E-state index contributed by atoms with van der Waals surface area (Å²) in [7, 11) is 0. The van der Waals surface area contributed by atoms with Gasteiger partial charge in [0.05, 0.1) is 0 Å². The molecule has 0 aliphatic carbocycles. The molecule has 1 atom stereocenters. The molecule has 0 unspecified atom stereocenters. The first-order chi connectivity index (χ1) is 7.86. The summed E-state index contributed by atoms with van der Waals surface area (Å²) in [6.07, 6.45) is 6.50. The van der Waals surface area contributed by atoms with Crippen molar-refractivity contribution in [3.8, 4) is 0 Å². The number of hydrogen-bond donors (Lipinski definition) is 1. The van der Waals surface area contributed by atoms with Crippen LogP contribution in [0.4, 0.5) is 0 Å². The Morgan fingerprint density at radius 2 is 2.25 bits per heavy atom. The molecular formula is C13H21N3. The molecule has 0 aromatic carbocycles. The van der Waals surface area contributed by atoms with Crippen LogP contribution in [0.1, 0.15) is 31.4 Å². The monoisotopic (exact) mass is 219 g/mol. The lowest BCUT2D eigenvalue weighted by atomic mass is 10.1. The van der Waals surface area contributed by atoms with E-state index in [0.717, 1.165) is 6.54 Å². The van der Waals surface area contributed by atoms with Crippen LogP contribution in [0.25, 0.3) is 0 Å². The molecule has 1 aromatic rings. The molecule has 0 saturated carbocycles. The molecule has 1 N–H and O–H groups in total. The highest BCUT2D eigenvalue weighted by atomic mass is 15.2. The van der Waals surface area contributed by atoms with Gasteiger partial charge in [-0.3, -0.25) is 4.98 Å². The maximum absolute atomic E-state index is 4.14. The molecule has 0 bridgehead atoms. The molecule has 3 nitrogen and oxygen atoms in total. The lowest BCUT2D eigenvalue weighted by molar-refractivity contribution is 0.330. The zero-order chi connectivity index (χ0) is 11.2. The Balaban J connectivity index is 1.69. The Kier molecular flexibility index (Phi) is 4.31. The first kappa shape index (κ1) is 11.6. The third-order valence-corrected chi connectivity index (χ3v) is 3.26. The Morgan fingerprint density at radius 3 is 2.94 bits per heavy atom. The molecule has 3 heteroatoms. The van der Waals surface area contributed by atoms with Gasteiger partial charge in [-0.15, -0.1) is 0 Å². The fourth-order valence-electron chi connectivity index (χ4n) is 2.20. The van der Waals surface area contributed by atoms with Crippen LogP contribution in [0.3, 0.4) is 0 Å². The molecule has 1 saturated heterocycles. The summed E-state index contributed by atoms with van der Waals surface area (Å²) in [6.45, 7) is 6.99. The minimum absolute atomic E-state index is 0.399. The van der Waals surface area contributed by atoms with Gasteiger partial charge in [0.2, 0.25) is 0 Å². The molecule has 1 fully saturated rings. The topological polar surface area (TPSA) is 28.2 Å². The quantitative estimate of drug-likeness (QED) is 0.819. The van der Waals surface area contributed by atoms with Crippen LogP contribution in [-0.2, 0) is 0 Å². The standard InChI is InChI=1S/C13H21N3/c1-12(13-5-4-6-14-11-13)15-7-10-16-8-2-3-9-16/h4-6,11-12,15H,2-3,7-10H2,1H3/t12-/m0/s1. The first-order valence-corrected chi connectivity index (χ1v) is 6.22. The molecule has 88 valence electrons. The normalized spacial score (nSPS) is 18.8. The number of nitrogens with zero attached hydrogens (tertiary/aromatic N) is 2. The van der Waals surface area contributed by atoms with Crippen molar-refractivity contribution in [2.24, 2.45) is 0 Å². The number of nitrogens with one attached hydrogen (secondary N) is 1. The summed E-state index contributed by atoms with van der Waals surface area (Å²) < 4.78 is 0. The van der Waals surface area contributed by atoms with E-state index in [0.29, 0.717) is 6.04 Å². The van der Waals surface area contributed by atoms with Gasteiger partial charge >= 0.3 is 0 Å². The number of pyridine rings is 1. The van der Waals surface area contributed by atoms with E-state index in [2.05, 4.69) is 28.2 Å². The van der Waals surface area contributed by atoms with Crippen molar-refractivity contribution in [2.45, 2.75) is 25.8 Å². The largest absolute Gasteiger partial charge is 0.309 e. The maximum Gasteiger partial charge on any atom is 0.0315 e. The second-order valence-electron chi connectivity index (χ2n) is 4.51. The van der Waals surface area contributed by atoms with E-state index in [1.54, 1.807) is 0 Å². The molecular weight excluding hydrogens is 198 g/mol. The minimum atomic E-state index is 0.399. The summed E-state index contributed by atoms with van der Waals surface area (Å²) in [5.41, 5.74) is 1.27. The third-order valence-electron chi connectivity index (χ3n) is 3.26. The minimum Gasteiger partial charge on any atom is -0.309 e. The van der Waals surface area contributed by atoms with Crippen LogP contribution in [0.15, 0.2) is 24.5 Å². The summed E-state index contributed by atoms with van der Waals surface area (Å²) in [4.78, 5) is 6.67. The highest BCUT2D eigenvalue weighted by Crippen LogP contribution is 2.10. The zero-order valence-electron chi connectivity index (χ0n) is 10.0. The van der Waals surface area contributed by atoms with Crippen molar-refractivity contribution in [1.29, 1.82) is 0 Å². The Hall–Kier alpha value is -0.930. The number of likely N-dealkylation sites (tertiary alicyclic amines) is 1. The predicted octanol–water partition coefficient (Wildman–Crippen LogP) is 1.83. The zero-order valence-corrected chi connectivity index (χ0v) is 10.0.